The van der Waals surface area contributed by atoms with Crippen LogP contribution in [0.25, 0.3) is 115 Å². The Balaban J connectivity index is 1.33. The van der Waals surface area contributed by atoms with Gasteiger partial charge in [0.1, 0.15) is 11.1 Å². The lowest BCUT2D eigenvalue weighted by atomic mass is 9.98. The van der Waals surface area contributed by atoms with Gasteiger partial charge in [0.05, 0.1) is 16.7 Å². The van der Waals surface area contributed by atoms with Crippen LogP contribution in [0.5, 0.6) is 0 Å². The number of para-hydroxylation sites is 1. The highest BCUT2D eigenvalue weighted by Gasteiger charge is 2.26. The summed E-state index contributed by atoms with van der Waals surface area (Å²) in [5, 5.41) is 14.8. The summed E-state index contributed by atoms with van der Waals surface area (Å²) in [7, 11) is 0. The topological polar surface area (TPSA) is 43.9 Å². The quantitative estimate of drug-likeness (QED) is 0.173. The lowest BCUT2D eigenvalue weighted by Crippen LogP contribution is -2.04. The maximum atomic E-state index is 6.91. The summed E-state index contributed by atoms with van der Waals surface area (Å²) in [6.45, 7) is 0. The number of fused-ring (bicyclic) bond motifs is 16. The highest BCUT2D eigenvalue weighted by molar-refractivity contribution is 6.36. The highest BCUT2D eigenvalue weighted by atomic mass is 16.3. The van der Waals surface area contributed by atoms with Crippen LogP contribution in [0.2, 0.25) is 0 Å². The predicted molar refractivity (Wildman–Crippen MR) is 217 cm³/mol. The van der Waals surface area contributed by atoms with E-state index in [0.29, 0.717) is 5.95 Å². The van der Waals surface area contributed by atoms with Gasteiger partial charge in [-0.2, -0.15) is 0 Å². The molecular weight excluding hydrogens is 635 g/mol. The first kappa shape index (κ1) is 27.7. The summed E-state index contributed by atoms with van der Waals surface area (Å²) >= 11 is 0. The lowest BCUT2D eigenvalue weighted by molar-refractivity contribution is 0.671. The van der Waals surface area contributed by atoms with Crippen molar-refractivity contribution in [1.29, 1.82) is 0 Å². The molecule has 4 heteroatoms. The van der Waals surface area contributed by atoms with Gasteiger partial charge in [0.25, 0.3) is 0 Å². The van der Waals surface area contributed by atoms with E-state index in [9.17, 15) is 0 Å². The molecule has 9 aromatic carbocycles. The lowest BCUT2D eigenvalue weighted by Gasteiger charge is -2.15. The van der Waals surface area contributed by atoms with Gasteiger partial charge in [0, 0.05) is 37.9 Å². The number of furan rings is 1. The Bertz CT molecular complexity index is 3480. The van der Waals surface area contributed by atoms with Crippen molar-refractivity contribution in [1.82, 2.24) is 14.5 Å². The smallest absolute Gasteiger partial charge is 0.235 e. The third-order valence-corrected chi connectivity index (χ3v) is 10.9. The Kier molecular flexibility index (Phi) is 5.47. The molecule has 52 heavy (non-hydrogen) atoms. The van der Waals surface area contributed by atoms with Crippen molar-refractivity contribution in [2.45, 2.75) is 0 Å². The van der Waals surface area contributed by atoms with E-state index >= 15 is 0 Å². The third kappa shape index (κ3) is 3.70. The van der Waals surface area contributed by atoms with Crippen LogP contribution in [-0.2, 0) is 0 Å². The first-order chi connectivity index (χ1) is 25.8. The van der Waals surface area contributed by atoms with Crippen LogP contribution >= 0.6 is 0 Å². The van der Waals surface area contributed by atoms with Crippen LogP contribution in [0.1, 0.15) is 0 Å². The molecule has 0 atom stereocenters. The number of hydrogen-bond acceptors (Lipinski definition) is 3. The standard InChI is InChI=1S/C48H27N3O/c1-2-14-31-27-32(22-21-28(31)11-1)44-43-33-15-5-3-12-29(33)24-26-39(43)49-48(50-44)51-45-34-16-6-4-13-30(34)23-25-38(45)41-35-17-7-8-18-36(35)42-37-19-9-10-20-40(37)52-47(42)46(41)51/h1-27H. The van der Waals surface area contributed by atoms with E-state index in [1.807, 2.05) is 6.07 Å². The molecule has 12 aromatic rings. The first-order valence-corrected chi connectivity index (χ1v) is 17.7. The summed E-state index contributed by atoms with van der Waals surface area (Å²) in [5.74, 6) is 0.610. The van der Waals surface area contributed by atoms with Crippen molar-refractivity contribution < 1.29 is 4.42 Å². The van der Waals surface area contributed by atoms with Crippen molar-refractivity contribution in [2.24, 2.45) is 0 Å². The van der Waals surface area contributed by atoms with Crippen LogP contribution in [0.3, 0.4) is 0 Å². The fourth-order valence-corrected chi connectivity index (χ4v) is 8.67. The van der Waals surface area contributed by atoms with E-state index in [-0.39, 0.29) is 0 Å². The fourth-order valence-electron chi connectivity index (χ4n) is 8.67. The minimum absolute atomic E-state index is 0.610. The number of hydrogen-bond donors (Lipinski definition) is 0. The van der Waals surface area contributed by atoms with Crippen molar-refractivity contribution in [3.05, 3.63) is 164 Å². The van der Waals surface area contributed by atoms with Crippen molar-refractivity contribution in [3.63, 3.8) is 0 Å². The molecule has 0 aliphatic heterocycles. The molecule has 240 valence electrons. The fraction of sp³-hybridized carbons (Fsp3) is 0. The molecule has 0 radical (unpaired) electrons. The van der Waals surface area contributed by atoms with Crippen LogP contribution in [-0.4, -0.2) is 14.5 Å². The third-order valence-electron chi connectivity index (χ3n) is 10.9. The van der Waals surface area contributed by atoms with Gasteiger partial charge >= 0.3 is 0 Å². The van der Waals surface area contributed by atoms with Crippen molar-refractivity contribution >= 4 is 97.7 Å². The van der Waals surface area contributed by atoms with Gasteiger partial charge in [-0.3, -0.25) is 4.57 Å². The second-order valence-electron chi connectivity index (χ2n) is 13.7. The van der Waals surface area contributed by atoms with Gasteiger partial charge in [-0.15, -0.1) is 0 Å². The molecule has 0 N–H and O–H groups in total. The summed E-state index contributed by atoms with van der Waals surface area (Å²) < 4.78 is 9.19. The average molecular weight is 662 g/mol. The minimum Gasteiger partial charge on any atom is -0.454 e. The van der Waals surface area contributed by atoms with Crippen LogP contribution in [0, 0.1) is 0 Å². The molecule has 3 aromatic heterocycles. The van der Waals surface area contributed by atoms with Gasteiger partial charge in [0.15, 0.2) is 5.58 Å². The Labute approximate surface area is 296 Å². The maximum absolute atomic E-state index is 6.91. The second kappa shape index (κ2) is 10.3. The average Bonchev–Trinajstić information content (AvgIpc) is 3.78. The zero-order chi connectivity index (χ0) is 33.9. The van der Waals surface area contributed by atoms with E-state index < -0.39 is 0 Å². The molecule has 0 unspecified atom stereocenters. The first-order valence-electron chi connectivity index (χ1n) is 17.7. The zero-order valence-electron chi connectivity index (χ0n) is 27.8. The summed E-state index contributed by atoms with van der Waals surface area (Å²) in [5.41, 5.74) is 6.58. The Morgan fingerprint density at radius 1 is 0.404 bits per heavy atom. The van der Waals surface area contributed by atoms with Gasteiger partial charge in [-0.25, -0.2) is 9.97 Å². The number of benzene rings is 9. The highest BCUT2D eigenvalue weighted by Crippen LogP contribution is 2.47. The van der Waals surface area contributed by atoms with Crippen LogP contribution in [0.15, 0.2) is 168 Å². The Hall–Kier alpha value is -7.04. The van der Waals surface area contributed by atoms with Crippen LogP contribution in [0.4, 0.5) is 0 Å². The summed E-state index contributed by atoms with van der Waals surface area (Å²) in [4.78, 5) is 11.1. The zero-order valence-corrected chi connectivity index (χ0v) is 27.8. The molecule has 0 aliphatic carbocycles. The van der Waals surface area contributed by atoms with Crippen molar-refractivity contribution in [3.8, 4) is 17.2 Å². The predicted octanol–water partition coefficient (Wildman–Crippen LogP) is 12.9. The Morgan fingerprint density at radius 3 is 1.85 bits per heavy atom. The molecule has 0 saturated heterocycles. The van der Waals surface area contributed by atoms with E-state index in [1.54, 1.807) is 0 Å². The van der Waals surface area contributed by atoms with E-state index in [0.717, 1.165) is 87.4 Å². The summed E-state index contributed by atoms with van der Waals surface area (Å²) in [6, 6.07) is 58.2. The van der Waals surface area contributed by atoms with Gasteiger partial charge in [0.2, 0.25) is 5.95 Å². The maximum Gasteiger partial charge on any atom is 0.235 e. The second-order valence-corrected chi connectivity index (χ2v) is 13.7. The number of nitrogens with zero attached hydrogens (tertiary/aromatic N) is 3. The molecular formula is C48H27N3O. The van der Waals surface area contributed by atoms with E-state index in [1.165, 1.54) is 21.5 Å². The monoisotopic (exact) mass is 661 g/mol. The van der Waals surface area contributed by atoms with Gasteiger partial charge < -0.3 is 4.42 Å². The molecule has 0 fully saturated rings. The van der Waals surface area contributed by atoms with E-state index in [4.69, 9.17) is 14.4 Å². The molecule has 0 amide bonds. The van der Waals surface area contributed by atoms with Gasteiger partial charge in [-0.05, 0) is 55.9 Å². The normalized spacial score (nSPS) is 12.2. The number of rotatable bonds is 2. The molecule has 0 spiro atoms. The minimum atomic E-state index is 0.610. The summed E-state index contributed by atoms with van der Waals surface area (Å²) in [6.07, 6.45) is 0. The van der Waals surface area contributed by atoms with E-state index in [2.05, 4.69) is 162 Å². The Morgan fingerprint density at radius 2 is 1.02 bits per heavy atom. The molecule has 4 nitrogen and oxygen atoms in total. The molecule has 3 heterocycles. The van der Waals surface area contributed by atoms with Crippen LogP contribution < -0.4 is 0 Å². The molecule has 12 rings (SSSR count). The van der Waals surface area contributed by atoms with Gasteiger partial charge in [-0.1, -0.05) is 146 Å². The van der Waals surface area contributed by atoms with Crippen molar-refractivity contribution in [2.75, 3.05) is 0 Å². The molecule has 0 aliphatic rings. The molecule has 0 bridgehead atoms. The SMILES string of the molecule is c1ccc2cc(-c3nc(-n4c5c6ccccc6ccc5c5c6ccccc6c6c7ccccc7oc6c54)nc4ccc5ccccc5c34)ccc2c1. The molecule has 0 saturated carbocycles. The largest absolute Gasteiger partial charge is 0.454 e. The number of aromatic nitrogens is 3.